The number of morpholine rings is 1. The first-order valence-corrected chi connectivity index (χ1v) is 7.75. The molecule has 2 atom stereocenters. The molecule has 7 heteroatoms. The summed E-state index contributed by atoms with van der Waals surface area (Å²) in [4.78, 5) is 12.2. The van der Waals surface area contributed by atoms with Gasteiger partial charge in [0.2, 0.25) is 5.91 Å². The Morgan fingerprint density at radius 1 is 1.26 bits per heavy atom. The molecule has 128 valence electrons. The molecule has 1 fully saturated rings. The Balaban J connectivity index is 0.00000192. The molecule has 0 aromatic heterocycles. The fourth-order valence-corrected chi connectivity index (χ4v) is 2.64. The van der Waals surface area contributed by atoms with Gasteiger partial charge in [0, 0.05) is 19.5 Å². The molecule has 0 aliphatic carbocycles. The molecule has 2 heterocycles. The smallest absolute Gasteiger partial charge is 0.240 e. The van der Waals surface area contributed by atoms with Crippen LogP contribution in [0.15, 0.2) is 18.2 Å². The van der Waals surface area contributed by atoms with Crippen LogP contribution in [-0.2, 0) is 16.1 Å². The van der Waals surface area contributed by atoms with Gasteiger partial charge in [-0.3, -0.25) is 4.79 Å². The molecule has 3 rings (SSSR count). The third kappa shape index (κ3) is 4.50. The van der Waals surface area contributed by atoms with E-state index in [1.807, 2.05) is 25.1 Å². The zero-order chi connectivity index (χ0) is 15.4. The van der Waals surface area contributed by atoms with Crippen molar-refractivity contribution in [2.45, 2.75) is 32.0 Å². The van der Waals surface area contributed by atoms with Crippen molar-refractivity contribution in [2.75, 3.05) is 26.4 Å². The minimum Gasteiger partial charge on any atom is -0.490 e. The van der Waals surface area contributed by atoms with Gasteiger partial charge in [-0.15, -0.1) is 12.4 Å². The fourth-order valence-electron chi connectivity index (χ4n) is 2.64. The van der Waals surface area contributed by atoms with Crippen LogP contribution in [0, 0.1) is 0 Å². The summed E-state index contributed by atoms with van der Waals surface area (Å²) in [5.74, 6) is 1.47. The SMILES string of the molecule is C[C@H]1OCCN[C@@H]1C(=O)NCc1ccc2c(c1)OCCCO2.Cl. The number of amides is 1. The number of ether oxygens (including phenoxy) is 3. The lowest BCUT2D eigenvalue weighted by molar-refractivity contribution is -0.129. The summed E-state index contributed by atoms with van der Waals surface area (Å²) in [6.45, 7) is 5.04. The van der Waals surface area contributed by atoms with Crippen LogP contribution in [0.4, 0.5) is 0 Å². The average Bonchev–Trinajstić information content (AvgIpc) is 2.78. The molecule has 6 nitrogen and oxygen atoms in total. The normalized spacial score (nSPS) is 23.3. The molecule has 0 unspecified atom stereocenters. The number of carbonyl (C=O) groups is 1. The lowest BCUT2D eigenvalue weighted by Crippen LogP contribution is -2.55. The lowest BCUT2D eigenvalue weighted by Gasteiger charge is -2.29. The number of hydrogen-bond donors (Lipinski definition) is 2. The Morgan fingerprint density at radius 2 is 2.04 bits per heavy atom. The van der Waals surface area contributed by atoms with Crippen LogP contribution in [0.5, 0.6) is 11.5 Å². The predicted octanol–water partition coefficient (Wildman–Crippen LogP) is 1.26. The Kier molecular flexibility index (Phi) is 6.50. The quantitative estimate of drug-likeness (QED) is 0.865. The summed E-state index contributed by atoms with van der Waals surface area (Å²) < 4.78 is 16.8. The minimum atomic E-state index is -0.297. The molecule has 23 heavy (non-hydrogen) atoms. The third-order valence-corrected chi connectivity index (χ3v) is 3.88. The largest absolute Gasteiger partial charge is 0.490 e. The van der Waals surface area contributed by atoms with Crippen LogP contribution in [-0.4, -0.2) is 44.4 Å². The molecule has 1 saturated heterocycles. The summed E-state index contributed by atoms with van der Waals surface area (Å²) in [5.41, 5.74) is 0.988. The molecule has 1 aromatic carbocycles. The van der Waals surface area contributed by atoms with Crippen LogP contribution in [0.25, 0.3) is 0 Å². The van der Waals surface area contributed by atoms with Crippen LogP contribution in [0.3, 0.4) is 0 Å². The highest BCUT2D eigenvalue weighted by atomic mass is 35.5. The molecule has 2 N–H and O–H groups in total. The van der Waals surface area contributed by atoms with E-state index in [1.165, 1.54) is 0 Å². The predicted molar refractivity (Wildman–Crippen MR) is 88.3 cm³/mol. The number of nitrogens with one attached hydrogen (secondary N) is 2. The van der Waals surface area contributed by atoms with Gasteiger partial charge < -0.3 is 24.8 Å². The van der Waals surface area contributed by atoms with Crippen molar-refractivity contribution in [3.05, 3.63) is 23.8 Å². The Hall–Kier alpha value is -1.50. The molecule has 0 saturated carbocycles. The molecule has 2 aliphatic heterocycles. The van der Waals surface area contributed by atoms with Gasteiger partial charge in [-0.2, -0.15) is 0 Å². The molecule has 1 aromatic rings. The molecular formula is C16H23ClN2O4. The van der Waals surface area contributed by atoms with Crippen molar-refractivity contribution in [3.8, 4) is 11.5 Å². The van der Waals surface area contributed by atoms with Gasteiger partial charge in [0.05, 0.1) is 25.9 Å². The van der Waals surface area contributed by atoms with Crippen molar-refractivity contribution >= 4 is 18.3 Å². The van der Waals surface area contributed by atoms with E-state index in [2.05, 4.69) is 10.6 Å². The zero-order valence-electron chi connectivity index (χ0n) is 13.2. The first-order valence-electron chi connectivity index (χ1n) is 7.75. The summed E-state index contributed by atoms with van der Waals surface area (Å²) >= 11 is 0. The van der Waals surface area contributed by atoms with Crippen LogP contribution < -0.4 is 20.1 Å². The maximum Gasteiger partial charge on any atom is 0.240 e. The second-order valence-electron chi connectivity index (χ2n) is 5.56. The summed E-state index contributed by atoms with van der Waals surface area (Å²) in [6, 6.07) is 5.47. The standard InChI is InChI=1S/C16H22N2O4.ClH/c1-11-15(17-5-8-20-11)16(19)18-10-12-3-4-13-14(9-12)22-7-2-6-21-13;/h3-4,9,11,15,17H,2,5-8,10H2,1H3,(H,18,19);1H/t11-,15+;/m1./s1. The van der Waals surface area contributed by atoms with E-state index >= 15 is 0 Å². The molecular weight excluding hydrogens is 320 g/mol. The Morgan fingerprint density at radius 3 is 2.83 bits per heavy atom. The van der Waals surface area contributed by atoms with E-state index in [9.17, 15) is 4.79 Å². The highest BCUT2D eigenvalue weighted by Crippen LogP contribution is 2.30. The van der Waals surface area contributed by atoms with Gasteiger partial charge in [-0.05, 0) is 24.6 Å². The van der Waals surface area contributed by atoms with Crippen LogP contribution in [0.2, 0.25) is 0 Å². The van der Waals surface area contributed by atoms with Gasteiger partial charge in [-0.1, -0.05) is 6.07 Å². The highest BCUT2D eigenvalue weighted by molar-refractivity contribution is 5.85. The van der Waals surface area contributed by atoms with Crippen molar-refractivity contribution in [1.82, 2.24) is 10.6 Å². The first-order chi connectivity index (χ1) is 10.7. The Bertz CT molecular complexity index is 541. The number of benzene rings is 1. The average molecular weight is 343 g/mol. The van der Waals surface area contributed by atoms with Gasteiger partial charge >= 0.3 is 0 Å². The summed E-state index contributed by atoms with van der Waals surface area (Å²) in [7, 11) is 0. The van der Waals surface area contributed by atoms with E-state index < -0.39 is 0 Å². The van der Waals surface area contributed by atoms with Gasteiger partial charge in [-0.25, -0.2) is 0 Å². The van der Waals surface area contributed by atoms with Gasteiger partial charge in [0.25, 0.3) is 0 Å². The van der Waals surface area contributed by atoms with Crippen molar-refractivity contribution in [1.29, 1.82) is 0 Å². The molecule has 0 bridgehead atoms. The highest BCUT2D eigenvalue weighted by Gasteiger charge is 2.27. The topological polar surface area (TPSA) is 68.8 Å². The number of rotatable bonds is 3. The van der Waals surface area contributed by atoms with E-state index in [0.29, 0.717) is 32.9 Å². The number of carbonyl (C=O) groups excluding carboxylic acids is 1. The second-order valence-corrected chi connectivity index (χ2v) is 5.56. The minimum absolute atomic E-state index is 0. The van der Waals surface area contributed by atoms with Gasteiger partial charge in [0.1, 0.15) is 6.04 Å². The van der Waals surface area contributed by atoms with Crippen LogP contribution >= 0.6 is 12.4 Å². The molecule has 0 spiro atoms. The maximum absolute atomic E-state index is 12.2. The second kappa shape index (κ2) is 8.38. The van der Waals surface area contributed by atoms with E-state index in [4.69, 9.17) is 14.2 Å². The molecule has 0 radical (unpaired) electrons. The maximum atomic E-state index is 12.2. The van der Waals surface area contributed by atoms with Crippen molar-refractivity contribution in [3.63, 3.8) is 0 Å². The number of halogens is 1. The van der Waals surface area contributed by atoms with E-state index in [-0.39, 0.29) is 30.5 Å². The summed E-state index contributed by atoms with van der Waals surface area (Å²) in [5, 5.41) is 6.13. The van der Waals surface area contributed by atoms with Gasteiger partial charge in [0.15, 0.2) is 11.5 Å². The Labute approximate surface area is 142 Å². The van der Waals surface area contributed by atoms with Crippen molar-refractivity contribution in [2.24, 2.45) is 0 Å². The monoisotopic (exact) mass is 342 g/mol. The zero-order valence-corrected chi connectivity index (χ0v) is 14.0. The van der Waals surface area contributed by atoms with E-state index in [0.717, 1.165) is 23.5 Å². The lowest BCUT2D eigenvalue weighted by atomic mass is 10.1. The molecule has 1 amide bonds. The van der Waals surface area contributed by atoms with Crippen LogP contribution in [0.1, 0.15) is 18.9 Å². The number of hydrogen-bond acceptors (Lipinski definition) is 5. The first kappa shape index (κ1) is 17.8. The molecule has 2 aliphatic rings. The third-order valence-electron chi connectivity index (χ3n) is 3.88. The van der Waals surface area contributed by atoms with E-state index in [1.54, 1.807) is 0 Å². The van der Waals surface area contributed by atoms with Crippen molar-refractivity contribution < 1.29 is 19.0 Å². The number of fused-ring (bicyclic) bond motifs is 1. The summed E-state index contributed by atoms with van der Waals surface area (Å²) in [6.07, 6.45) is 0.768. The fraction of sp³-hybridized carbons (Fsp3) is 0.562.